The molecule has 0 heterocycles. The van der Waals surface area contributed by atoms with Crippen molar-refractivity contribution < 1.29 is 13.5 Å². The number of rotatable bonds is 6. The molecule has 0 fully saturated rings. The van der Waals surface area contributed by atoms with Gasteiger partial charge >= 0.3 is 6.61 Å². The molecule has 7 heteroatoms. The monoisotopic (exact) mass is 377 g/mol. The zero-order valence-corrected chi connectivity index (χ0v) is 15.6. The maximum atomic E-state index is 12.2. The Morgan fingerprint density at radius 2 is 1.65 bits per heavy atom. The Bertz CT molecular complexity index is 759. The quantitative estimate of drug-likeness (QED) is 0.417. The van der Waals surface area contributed by atoms with Gasteiger partial charge in [0.1, 0.15) is 5.75 Å². The van der Waals surface area contributed by atoms with E-state index >= 15 is 0 Å². The second-order valence-electron chi connectivity index (χ2n) is 5.94. The average molecular weight is 377 g/mol. The standard InChI is InChI=1S/C19H21F2N3OS/c1-12(2)14-4-8-16(9-5-14)22-19(26)24-23-13(3)15-6-10-17(11-7-15)25-18(20)21/h4-12,18H,1-3H3,(H2,22,24,26)/b23-13+. The number of hydrogen-bond acceptors (Lipinski definition) is 3. The number of nitrogens with zero attached hydrogens (tertiary/aromatic N) is 1. The molecule has 0 saturated carbocycles. The second-order valence-corrected chi connectivity index (χ2v) is 6.35. The summed E-state index contributed by atoms with van der Waals surface area (Å²) in [6.07, 6.45) is 0. The van der Waals surface area contributed by atoms with Gasteiger partial charge in [-0.25, -0.2) is 0 Å². The smallest absolute Gasteiger partial charge is 0.387 e. The SMILES string of the molecule is C/C(=N\NC(=S)Nc1ccc(C(C)C)cc1)c1ccc(OC(F)F)cc1. The molecule has 0 bridgehead atoms. The van der Waals surface area contributed by atoms with Crippen molar-refractivity contribution in [3.05, 3.63) is 59.7 Å². The van der Waals surface area contributed by atoms with Crippen molar-refractivity contribution >= 4 is 28.7 Å². The van der Waals surface area contributed by atoms with Gasteiger partial charge in [-0.2, -0.15) is 13.9 Å². The number of alkyl halides is 2. The lowest BCUT2D eigenvalue weighted by Crippen LogP contribution is -2.24. The molecular formula is C19H21F2N3OS. The van der Waals surface area contributed by atoms with Crippen LogP contribution in [-0.2, 0) is 0 Å². The van der Waals surface area contributed by atoms with Gasteiger partial charge in [0.15, 0.2) is 5.11 Å². The molecule has 0 unspecified atom stereocenters. The topological polar surface area (TPSA) is 45.7 Å². The Kier molecular flexibility index (Phi) is 7.03. The molecule has 0 aliphatic carbocycles. The van der Waals surface area contributed by atoms with E-state index in [0.29, 0.717) is 16.7 Å². The molecule has 0 radical (unpaired) electrons. The molecule has 0 aromatic heterocycles. The van der Waals surface area contributed by atoms with Crippen molar-refractivity contribution in [2.75, 3.05) is 5.32 Å². The molecule has 0 aliphatic heterocycles. The third kappa shape index (κ3) is 6.07. The van der Waals surface area contributed by atoms with Crippen LogP contribution in [0.3, 0.4) is 0 Å². The maximum absolute atomic E-state index is 12.2. The van der Waals surface area contributed by atoms with E-state index in [4.69, 9.17) is 12.2 Å². The first-order valence-corrected chi connectivity index (χ1v) is 8.52. The molecule has 26 heavy (non-hydrogen) atoms. The highest BCUT2D eigenvalue weighted by Crippen LogP contribution is 2.17. The lowest BCUT2D eigenvalue weighted by Gasteiger charge is -2.10. The van der Waals surface area contributed by atoms with Gasteiger partial charge in [-0.15, -0.1) is 0 Å². The molecule has 0 spiro atoms. The fraction of sp³-hybridized carbons (Fsp3) is 0.263. The Hall–Kier alpha value is -2.54. The minimum Gasteiger partial charge on any atom is -0.435 e. The summed E-state index contributed by atoms with van der Waals surface area (Å²) in [7, 11) is 0. The van der Waals surface area contributed by atoms with Crippen molar-refractivity contribution in [2.45, 2.75) is 33.3 Å². The third-order valence-corrected chi connectivity index (χ3v) is 3.85. The Morgan fingerprint density at radius 3 is 2.19 bits per heavy atom. The van der Waals surface area contributed by atoms with Crippen LogP contribution in [0, 0.1) is 0 Å². The second kappa shape index (κ2) is 9.24. The van der Waals surface area contributed by atoms with Crippen molar-refractivity contribution in [1.29, 1.82) is 0 Å². The van der Waals surface area contributed by atoms with E-state index in [1.54, 1.807) is 19.1 Å². The van der Waals surface area contributed by atoms with Gasteiger partial charge in [-0.3, -0.25) is 5.43 Å². The van der Waals surface area contributed by atoms with E-state index < -0.39 is 6.61 Å². The summed E-state index contributed by atoms with van der Waals surface area (Å²) in [6, 6.07) is 14.3. The minimum atomic E-state index is -2.84. The largest absolute Gasteiger partial charge is 0.435 e. The molecule has 138 valence electrons. The summed E-state index contributed by atoms with van der Waals surface area (Å²) < 4.78 is 28.6. The van der Waals surface area contributed by atoms with E-state index in [0.717, 1.165) is 11.3 Å². The van der Waals surface area contributed by atoms with Crippen LogP contribution >= 0.6 is 12.2 Å². The zero-order valence-electron chi connectivity index (χ0n) is 14.8. The normalized spacial score (nSPS) is 11.6. The Balaban J connectivity index is 1.92. The number of ether oxygens (including phenoxy) is 1. The number of benzene rings is 2. The molecule has 0 saturated heterocycles. The van der Waals surface area contributed by atoms with Gasteiger partial charge in [-0.1, -0.05) is 26.0 Å². The van der Waals surface area contributed by atoms with E-state index in [1.807, 2.05) is 24.3 Å². The predicted octanol–water partition coefficient (Wildman–Crippen LogP) is 5.12. The third-order valence-electron chi connectivity index (χ3n) is 3.66. The molecule has 0 aliphatic rings. The average Bonchev–Trinajstić information content (AvgIpc) is 2.60. The van der Waals surface area contributed by atoms with Crippen LogP contribution in [0.15, 0.2) is 53.6 Å². The van der Waals surface area contributed by atoms with E-state index in [1.165, 1.54) is 17.7 Å². The first kappa shape index (κ1) is 19.8. The Labute approximate surface area is 157 Å². The summed E-state index contributed by atoms with van der Waals surface area (Å²) in [5.74, 6) is 0.574. The van der Waals surface area contributed by atoms with Crippen molar-refractivity contribution in [3.63, 3.8) is 0 Å². The Morgan fingerprint density at radius 1 is 1.04 bits per heavy atom. The summed E-state index contributed by atoms with van der Waals surface area (Å²) in [4.78, 5) is 0. The number of halogens is 2. The number of nitrogens with one attached hydrogen (secondary N) is 2. The lowest BCUT2D eigenvalue weighted by atomic mass is 10.0. The van der Waals surface area contributed by atoms with Gasteiger partial charge < -0.3 is 10.1 Å². The summed E-state index contributed by atoms with van der Waals surface area (Å²) in [5.41, 5.74) is 6.32. The first-order valence-electron chi connectivity index (χ1n) is 8.11. The van der Waals surface area contributed by atoms with Crippen LogP contribution < -0.4 is 15.5 Å². The van der Waals surface area contributed by atoms with Crippen LogP contribution in [-0.4, -0.2) is 17.4 Å². The van der Waals surface area contributed by atoms with Gasteiger partial charge in [0.2, 0.25) is 0 Å². The van der Waals surface area contributed by atoms with E-state index in [2.05, 4.69) is 34.4 Å². The summed E-state index contributed by atoms with van der Waals surface area (Å²) in [6.45, 7) is 3.22. The minimum absolute atomic E-state index is 0.103. The van der Waals surface area contributed by atoms with Crippen molar-refractivity contribution in [2.24, 2.45) is 5.10 Å². The number of hydrazone groups is 1. The predicted molar refractivity (Wildman–Crippen MR) is 105 cm³/mol. The van der Waals surface area contributed by atoms with Gasteiger partial charge in [0.05, 0.1) is 5.71 Å². The first-order chi connectivity index (χ1) is 12.3. The lowest BCUT2D eigenvalue weighted by molar-refractivity contribution is -0.0498. The molecule has 2 aromatic carbocycles. The molecule has 0 amide bonds. The summed E-state index contributed by atoms with van der Waals surface area (Å²) in [5, 5.41) is 7.62. The molecule has 2 aromatic rings. The number of hydrogen-bond donors (Lipinski definition) is 2. The number of anilines is 1. The highest BCUT2D eigenvalue weighted by molar-refractivity contribution is 7.80. The summed E-state index contributed by atoms with van der Waals surface area (Å²) >= 11 is 5.22. The molecule has 4 nitrogen and oxygen atoms in total. The highest BCUT2D eigenvalue weighted by Gasteiger charge is 2.05. The van der Waals surface area contributed by atoms with Crippen LogP contribution in [0.1, 0.15) is 37.8 Å². The van der Waals surface area contributed by atoms with E-state index in [-0.39, 0.29) is 5.75 Å². The zero-order chi connectivity index (χ0) is 19.1. The van der Waals surface area contributed by atoms with Crippen molar-refractivity contribution in [1.82, 2.24) is 5.43 Å². The van der Waals surface area contributed by atoms with Crippen LogP contribution in [0.5, 0.6) is 5.75 Å². The number of thiocarbonyl (C=S) groups is 1. The van der Waals surface area contributed by atoms with Crippen LogP contribution in [0.25, 0.3) is 0 Å². The van der Waals surface area contributed by atoms with Gasteiger partial charge in [0.25, 0.3) is 0 Å². The fourth-order valence-electron chi connectivity index (χ4n) is 2.19. The molecule has 2 rings (SSSR count). The fourth-order valence-corrected chi connectivity index (χ4v) is 2.35. The molecule has 2 N–H and O–H groups in total. The molecular weight excluding hydrogens is 356 g/mol. The van der Waals surface area contributed by atoms with Gasteiger partial charge in [0, 0.05) is 5.69 Å². The van der Waals surface area contributed by atoms with Crippen LogP contribution in [0.2, 0.25) is 0 Å². The van der Waals surface area contributed by atoms with Gasteiger partial charge in [-0.05, 0) is 72.6 Å². The molecule has 0 atom stereocenters. The van der Waals surface area contributed by atoms with Crippen LogP contribution in [0.4, 0.5) is 14.5 Å². The maximum Gasteiger partial charge on any atom is 0.387 e. The van der Waals surface area contributed by atoms with Crippen molar-refractivity contribution in [3.8, 4) is 5.75 Å². The highest BCUT2D eigenvalue weighted by atomic mass is 32.1. The van der Waals surface area contributed by atoms with E-state index in [9.17, 15) is 8.78 Å².